The topological polar surface area (TPSA) is 59.2 Å². The van der Waals surface area contributed by atoms with Crippen molar-refractivity contribution < 1.29 is 9.63 Å². The average Bonchev–Trinajstić information content (AvgIpc) is 2.63. The summed E-state index contributed by atoms with van der Waals surface area (Å²) in [5.74, 6) is 2.15. The quantitative estimate of drug-likeness (QED) is 0.861. The predicted octanol–water partition coefficient (Wildman–Crippen LogP) is 2.37. The second-order valence-corrected chi connectivity index (χ2v) is 6.33. The summed E-state index contributed by atoms with van der Waals surface area (Å²) in [4.78, 5) is 4.35. The summed E-state index contributed by atoms with van der Waals surface area (Å²) in [5, 5.41) is 13.1. The highest BCUT2D eigenvalue weighted by atomic mass is 32.2. The number of aromatic nitrogens is 2. The minimum Gasteiger partial charge on any atom is -0.396 e. The highest BCUT2D eigenvalue weighted by Gasteiger charge is 2.21. The van der Waals surface area contributed by atoms with Crippen LogP contribution in [-0.2, 0) is 11.2 Å². The van der Waals surface area contributed by atoms with E-state index < -0.39 is 0 Å². The number of nitrogens with zero attached hydrogens (tertiary/aromatic N) is 2. The molecule has 0 bridgehead atoms. The van der Waals surface area contributed by atoms with Crippen LogP contribution in [0.1, 0.15) is 45.8 Å². The molecule has 1 rings (SSSR count). The molecule has 0 aromatic carbocycles. The molecule has 0 aliphatic heterocycles. The zero-order valence-corrected chi connectivity index (χ0v) is 11.2. The third-order valence-corrected chi connectivity index (χ3v) is 3.37. The van der Waals surface area contributed by atoms with Gasteiger partial charge in [-0.25, -0.2) is 0 Å². The van der Waals surface area contributed by atoms with Crippen molar-refractivity contribution in [2.24, 2.45) is 0 Å². The lowest BCUT2D eigenvalue weighted by molar-refractivity contribution is 0.289. The predicted molar refractivity (Wildman–Crippen MR) is 65.5 cm³/mol. The van der Waals surface area contributed by atoms with E-state index in [0.29, 0.717) is 11.1 Å². The van der Waals surface area contributed by atoms with Crippen molar-refractivity contribution in [3.8, 4) is 0 Å². The standard InChI is InChI=1S/C11H20N2O2S/c1-8(5-6-14)16-7-9-12-10(15-13-9)11(2,3)4/h8,14H,5-7H2,1-4H3. The van der Waals surface area contributed by atoms with Crippen LogP contribution in [-0.4, -0.2) is 27.1 Å². The van der Waals surface area contributed by atoms with E-state index in [1.54, 1.807) is 11.8 Å². The van der Waals surface area contributed by atoms with Crippen molar-refractivity contribution in [3.05, 3.63) is 11.7 Å². The highest BCUT2D eigenvalue weighted by molar-refractivity contribution is 7.99. The lowest BCUT2D eigenvalue weighted by Gasteiger charge is -2.10. The van der Waals surface area contributed by atoms with Crippen molar-refractivity contribution in [1.29, 1.82) is 0 Å². The monoisotopic (exact) mass is 244 g/mol. The molecule has 1 N–H and O–H groups in total. The molecule has 1 heterocycles. The number of aliphatic hydroxyl groups is 1. The second kappa shape index (κ2) is 5.68. The maximum Gasteiger partial charge on any atom is 0.232 e. The van der Waals surface area contributed by atoms with Gasteiger partial charge in [0.1, 0.15) is 0 Å². The Bertz CT molecular complexity index is 320. The van der Waals surface area contributed by atoms with Gasteiger partial charge < -0.3 is 9.63 Å². The first kappa shape index (κ1) is 13.5. The molecule has 0 fully saturated rings. The Morgan fingerprint density at radius 2 is 2.12 bits per heavy atom. The molecule has 92 valence electrons. The summed E-state index contributed by atoms with van der Waals surface area (Å²) in [5.41, 5.74) is -0.0906. The van der Waals surface area contributed by atoms with Gasteiger partial charge in [0.25, 0.3) is 0 Å². The Kier molecular flexibility index (Phi) is 4.80. The van der Waals surface area contributed by atoms with E-state index in [9.17, 15) is 0 Å². The number of hydrogen-bond acceptors (Lipinski definition) is 5. The smallest absolute Gasteiger partial charge is 0.232 e. The number of hydrogen-bond donors (Lipinski definition) is 1. The molecule has 0 saturated carbocycles. The van der Waals surface area contributed by atoms with Crippen LogP contribution in [0.15, 0.2) is 4.52 Å². The summed E-state index contributed by atoms with van der Waals surface area (Å²) in [7, 11) is 0. The maximum atomic E-state index is 8.78. The summed E-state index contributed by atoms with van der Waals surface area (Å²) < 4.78 is 5.20. The van der Waals surface area contributed by atoms with Crippen LogP contribution in [0, 0.1) is 0 Å². The first-order valence-electron chi connectivity index (χ1n) is 5.49. The fourth-order valence-electron chi connectivity index (χ4n) is 1.10. The van der Waals surface area contributed by atoms with Crippen LogP contribution in [0.3, 0.4) is 0 Å². The molecule has 0 amide bonds. The normalized spacial score (nSPS) is 14.1. The Labute approximate surface area is 101 Å². The molecule has 0 spiro atoms. The van der Waals surface area contributed by atoms with Crippen LogP contribution in [0.2, 0.25) is 0 Å². The van der Waals surface area contributed by atoms with Crippen molar-refractivity contribution in [3.63, 3.8) is 0 Å². The third-order valence-electron chi connectivity index (χ3n) is 2.14. The van der Waals surface area contributed by atoms with Crippen LogP contribution in [0.4, 0.5) is 0 Å². The molecule has 0 saturated heterocycles. The van der Waals surface area contributed by atoms with Gasteiger partial charge in [-0.15, -0.1) is 0 Å². The number of rotatable bonds is 5. The van der Waals surface area contributed by atoms with Gasteiger partial charge in [0.2, 0.25) is 5.89 Å². The molecule has 0 aliphatic rings. The van der Waals surface area contributed by atoms with Gasteiger partial charge in [0.15, 0.2) is 5.82 Å². The maximum absolute atomic E-state index is 8.78. The molecule has 1 atom stereocenters. The molecule has 5 heteroatoms. The van der Waals surface area contributed by atoms with E-state index in [1.807, 2.05) is 20.8 Å². The largest absolute Gasteiger partial charge is 0.396 e. The zero-order chi connectivity index (χ0) is 12.2. The number of aliphatic hydroxyl groups excluding tert-OH is 1. The Balaban J connectivity index is 2.47. The van der Waals surface area contributed by atoms with Gasteiger partial charge in [-0.2, -0.15) is 16.7 Å². The van der Waals surface area contributed by atoms with Gasteiger partial charge in [0, 0.05) is 17.3 Å². The molecule has 1 unspecified atom stereocenters. The van der Waals surface area contributed by atoms with Crippen LogP contribution >= 0.6 is 11.8 Å². The Morgan fingerprint density at radius 1 is 1.44 bits per heavy atom. The second-order valence-electron chi connectivity index (χ2n) is 4.90. The third kappa shape index (κ3) is 4.14. The molecule has 1 aromatic heterocycles. The van der Waals surface area contributed by atoms with E-state index >= 15 is 0 Å². The van der Waals surface area contributed by atoms with E-state index in [2.05, 4.69) is 17.1 Å². The summed E-state index contributed by atoms with van der Waals surface area (Å²) in [6, 6.07) is 0. The van der Waals surface area contributed by atoms with Gasteiger partial charge in [-0.3, -0.25) is 0 Å². The van der Waals surface area contributed by atoms with Gasteiger partial charge in [-0.05, 0) is 6.42 Å². The zero-order valence-electron chi connectivity index (χ0n) is 10.4. The van der Waals surface area contributed by atoms with Crippen molar-refractivity contribution in [2.75, 3.05) is 6.61 Å². The van der Waals surface area contributed by atoms with Gasteiger partial charge in [0.05, 0.1) is 5.75 Å². The summed E-state index contributed by atoms with van der Waals surface area (Å²) in [6.07, 6.45) is 0.800. The van der Waals surface area contributed by atoms with Crippen molar-refractivity contribution in [2.45, 2.75) is 50.5 Å². The first-order chi connectivity index (χ1) is 7.43. The fraction of sp³-hybridized carbons (Fsp3) is 0.818. The minimum absolute atomic E-state index is 0.0906. The van der Waals surface area contributed by atoms with E-state index in [-0.39, 0.29) is 12.0 Å². The van der Waals surface area contributed by atoms with Crippen molar-refractivity contribution >= 4 is 11.8 Å². The van der Waals surface area contributed by atoms with Crippen LogP contribution in [0.25, 0.3) is 0 Å². The lowest BCUT2D eigenvalue weighted by atomic mass is 9.97. The van der Waals surface area contributed by atoms with E-state index in [1.165, 1.54) is 0 Å². The number of thioether (sulfide) groups is 1. The van der Waals surface area contributed by atoms with Crippen LogP contribution in [0.5, 0.6) is 0 Å². The molecule has 16 heavy (non-hydrogen) atoms. The molecular formula is C11H20N2O2S. The Morgan fingerprint density at radius 3 is 2.62 bits per heavy atom. The van der Waals surface area contributed by atoms with E-state index in [4.69, 9.17) is 9.63 Å². The van der Waals surface area contributed by atoms with Gasteiger partial charge >= 0.3 is 0 Å². The molecule has 4 nitrogen and oxygen atoms in total. The first-order valence-corrected chi connectivity index (χ1v) is 6.54. The van der Waals surface area contributed by atoms with Crippen LogP contribution < -0.4 is 0 Å². The fourth-order valence-corrected chi connectivity index (χ4v) is 1.92. The summed E-state index contributed by atoms with van der Waals surface area (Å²) in [6.45, 7) is 8.46. The molecule has 0 radical (unpaired) electrons. The molecular weight excluding hydrogens is 224 g/mol. The van der Waals surface area contributed by atoms with Crippen molar-refractivity contribution in [1.82, 2.24) is 10.1 Å². The SMILES string of the molecule is CC(CCO)SCc1noc(C(C)(C)C)n1. The molecule has 0 aliphatic carbocycles. The average molecular weight is 244 g/mol. The Hall–Kier alpha value is -0.550. The van der Waals surface area contributed by atoms with E-state index in [0.717, 1.165) is 18.0 Å². The lowest BCUT2D eigenvalue weighted by Crippen LogP contribution is -2.11. The highest BCUT2D eigenvalue weighted by Crippen LogP contribution is 2.22. The summed E-state index contributed by atoms with van der Waals surface area (Å²) >= 11 is 1.73. The van der Waals surface area contributed by atoms with Gasteiger partial charge in [-0.1, -0.05) is 32.9 Å². The minimum atomic E-state index is -0.0906. The molecule has 1 aromatic rings.